The van der Waals surface area contributed by atoms with E-state index in [1.807, 2.05) is 36.6 Å². The molecule has 0 aliphatic heterocycles. The van der Waals surface area contributed by atoms with Gasteiger partial charge in [-0.25, -0.2) is 4.98 Å². The number of rotatable bonds is 4. The molecular formula is C16H18N4O2S2. The van der Waals surface area contributed by atoms with Crippen LogP contribution in [-0.4, -0.2) is 24.0 Å². The Morgan fingerprint density at radius 3 is 2.75 bits per heavy atom. The maximum Gasteiger partial charge on any atom is 0.276 e. The normalized spacial score (nSPS) is 12.3. The van der Waals surface area contributed by atoms with E-state index in [2.05, 4.69) is 14.9 Å². The summed E-state index contributed by atoms with van der Waals surface area (Å²) in [5, 5.41) is 5.94. The first-order chi connectivity index (χ1) is 11.3. The molecule has 3 rings (SSSR count). The van der Waals surface area contributed by atoms with Gasteiger partial charge in [0.2, 0.25) is 0 Å². The Morgan fingerprint density at radius 2 is 2.00 bits per heavy atom. The summed E-state index contributed by atoms with van der Waals surface area (Å²) in [6.07, 6.45) is 1.50. The summed E-state index contributed by atoms with van der Waals surface area (Å²) in [4.78, 5) is 7.84. The van der Waals surface area contributed by atoms with Crippen molar-refractivity contribution in [1.29, 1.82) is 0 Å². The second-order valence-electron chi connectivity index (χ2n) is 5.70. The van der Waals surface area contributed by atoms with Gasteiger partial charge in [0.05, 0.1) is 22.5 Å². The molecule has 0 unspecified atom stereocenters. The van der Waals surface area contributed by atoms with Crippen molar-refractivity contribution in [2.24, 2.45) is 5.10 Å². The molecule has 6 nitrogen and oxygen atoms in total. The second-order valence-corrected chi connectivity index (χ2v) is 8.17. The van der Waals surface area contributed by atoms with Gasteiger partial charge in [-0.15, -0.1) is 11.3 Å². The molecule has 0 spiro atoms. The number of fused-ring (bicyclic) bond motifs is 1. The molecule has 0 fully saturated rings. The molecule has 0 amide bonds. The van der Waals surface area contributed by atoms with Crippen LogP contribution >= 0.6 is 11.3 Å². The molecule has 0 atom stereocenters. The number of nitrogens with zero attached hydrogens (tertiary/aromatic N) is 3. The first kappa shape index (κ1) is 16.7. The van der Waals surface area contributed by atoms with Crippen LogP contribution in [0.25, 0.3) is 4.96 Å². The van der Waals surface area contributed by atoms with E-state index in [9.17, 15) is 8.42 Å². The zero-order valence-electron chi connectivity index (χ0n) is 13.9. The summed E-state index contributed by atoms with van der Waals surface area (Å²) in [7, 11) is -3.70. The number of aromatic nitrogens is 2. The third kappa shape index (κ3) is 2.94. The zero-order valence-corrected chi connectivity index (χ0v) is 15.5. The number of imidazole rings is 1. The van der Waals surface area contributed by atoms with E-state index in [4.69, 9.17) is 0 Å². The third-order valence-corrected chi connectivity index (χ3v) is 6.05. The van der Waals surface area contributed by atoms with Gasteiger partial charge in [-0.2, -0.15) is 18.4 Å². The van der Waals surface area contributed by atoms with Crippen molar-refractivity contribution in [1.82, 2.24) is 14.2 Å². The Bertz CT molecular complexity index is 1050. The topological polar surface area (TPSA) is 75.8 Å². The van der Waals surface area contributed by atoms with Crippen LogP contribution in [0.15, 0.2) is 33.6 Å². The fraction of sp³-hybridized carbons (Fsp3) is 0.250. The highest BCUT2D eigenvalue weighted by molar-refractivity contribution is 7.89. The molecule has 8 heteroatoms. The highest BCUT2D eigenvalue weighted by atomic mass is 32.2. The molecule has 1 N–H and O–H groups in total. The van der Waals surface area contributed by atoms with E-state index >= 15 is 0 Å². The lowest BCUT2D eigenvalue weighted by molar-refractivity contribution is 0.584. The van der Waals surface area contributed by atoms with Crippen molar-refractivity contribution in [3.63, 3.8) is 0 Å². The molecule has 0 aliphatic rings. The molecule has 0 radical (unpaired) electrons. The molecule has 2 heterocycles. The van der Waals surface area contributed by atoms with Crippen LogP contribution < -0.4 is 4.83 Å². The number of hydrazone groups is 1. The molecule has 0 saturated heterocycles. The lowest BCUT2D eigenvalue weighted by Gasteiger charge is -2.07. The maximum atomic E-state index is 12.5. The minimum Gasteiger partial charge on any atom is -0.286 e. The van der Waals surface area contributed by atoms with Gasteiger partial charge in [0.25, 0.3) is 10.0 Å². The summed E-state index contributed by atoms with van der Waals surface area (Å²) in [5.74, 6) is 0. The molecule has 1 aromatic carbocycles. The number of nitrogens with one attached hydrogen (secondary N) is 1. The third-order valence-electron chi connectivity index (χ3n) is 3.75. The minimum absolute atomic E-state index is 0.238. The van der Waals surface area contributed by atoms with E-state index in [1.165, 1.54) is 17.6 Å². The Morgan fingerprint density at radius 1 is 1.25 bits per heavy atom. The van der Waals surface area contributed by atoms with Crippen LogP contribution in [0.4, 0.5) is 0 Å². The first-order valence-corrected chi connectivity index (χ1v) is 9.71. The lowest BCUT2D eigenvalue weighted by atomic mass is 10.2. The smallest absolute Gasteiger partial charge is 0.276 e. The van der Waals surface area contributed by atoms with Crippen LogP contribution in [0, 0.1) is 27.7 Å². The average Bonchev–Trinajstić information content (AvgIpc) is 3.02. The van der Waals surface area contributed by atoms with E-state index in [-0.39, 0.29) is 4.90 Å². The number of hydrogen-bond acceptors (Lipinski definition) is 5. The predicted octanol–water partition coefficient (Wildman–Crippen LogP) is 2.94. The fourth-order valence-corrected chi connectivity index (χ4v) is 4.52. The van der Waals surface area contributed by atoms with Gasteiger partial charge in [0.1, 0.15) is 0 Å². The minimum atomic E-state index is -3.70. The number of thiazole rings is 1. The Labute approximate surface area is 144 Å². The van der Waals surface area contributed by atoms with Gasteiger partial charge in [0, 0.05) is 11.1 Å². The number of hydrogen-bond donors (Lipinski definition) is 1. The van der Waals surface area contributed by atoms with Crippen LogP contribution in [-0.2, 0) is 10.0 Å². The highest BCUT2D eigenvalue weighted by Gasteiger charge is 2.16. The van der Waals surface area contributed by atoms with Crippen molar-refractivity contribution >= 4 is 32.5 Å². The van der Waals surface area contributed by atoms with Gasteiger partial charge in [0.15, 0.2) is 4.96 Å². The molecular weight excluding hydrogens is 344 g/mol. The van der Waals surface area contributed by atoms with E-state index in [0.29, 0.717) is 5.56 Å². The summed E-state index contributed by atoms with van der Waals surface area (Å²) in [5.41, 5.74) is 4.17. The van der Waals surface area contributed by atoms with Crippen LogP contribution in [0.5, 0.6) is 0 Å². The molecule has 2 aromatic heterocycles. The standard InChI is InChI=1S/C16H18N4O2S2/c1-10-5-6-11(2)15(7-10)24(21,22)19-17-8-14-13(4)18-16-20(14)12(3)9-23-16/h5-9,19H,1-4H3/b17-8-. The number of sulfonamides is 1. The van der Waals surface area contributed by atoms with Gasteiger partial charge in [-0.05, 0) is 44.9 Å². The molecule has 24 heavy (non-hydrogen) atoms. The zero-order chi connectivity index (χ0) is 17.5. The van der Waals surface area contributed by atoms with Crippen molar-refractivity contribution in [3.8, 4) is 0 Å². The SMILES string of the molecule is Cc1ccc(C)c(S(=O)(=O)N/N=C\c2c(C)nc3scc(C)n23)c1. The summed E-state index contributed by atoms with van der Waals surface area (Å²) in [6, 6.07) is 5.30. The largest absolute Gasteiger partial charge is 0.286 e. The summed E-state index contributed by atoms with van der Waals surface area (Å²) in [6.45, 7) is 7.46. The Hall–Kier alpha value is -2.19. The van der Waals surface area contributed by atoms with Crippen molar-refractivity contribution in [3.05, 3.63) is 51.8 Å². The van der Waals surface area contributed by atoms with Crippen LogP contribution in [0.1, 0.15) is 28.2 Å². The predicted molar refractivity (Wildman–Crippen MR) is 96.4 cm³/mol. The number of benzene rings is 1. The van der Waals surface area contributed by atoms with Gasteiger partial charge in [-0.1, -0.05) is 12.1 Å². The Kier molecular flexibility index (Phi) is 4.18. The lowest BCUT2D eigenvalue weighted by Crippen LogP contribution is -2.19. The highest BCUT2D eigenvalue weighted by Crippen LogP contribution is 2.19. The van der Waals surface area contributed by atoms with Gasteiger partial charge in [-0.3, -0.25) is 4.40 Å². The first-order valence-electron chi connectivity index (χ1n) is 7.35. The quantitative estimate of drug-likeness (QED) is 0.573. The molecule has 0 aliphatic carbocycles. The van der Waals surface area contributed by atoms with Crippen molar-refractivity contribution in [2.75, 3.05) is 0 Å². The Balaban J connectivity index is 1.91. The second kappa shape index (κ2) is 6.03. The number of aryl methyl sites for hydroxylation is 4. The van der Waals surface area contributed by atoms with Gasteiger partial charge >= 0.3 is 0 Å². The van der Waals surface area contributed by atoms with Crippen molar-refractivity contribution < 1.29 is 8.42 Å². The maximum absolute atomic E-state index is 12.5. The average molecular weight is 362 g/mol. The van der Waals surface area contributed by atoms with E-state index in [1.54, 1.807) is 19.1 Å². The molecule has 0 saturated carbocycles. The van der Waals surface area contributed by atoms with E-state index < -0.39 is 10.0 Å². The summed E-state index contributed by atoms with van der Waals surface area (Å²) >= 11 is 1.54. The molecule has 126 valence electrons. The van der Waals surface area contributed by atoms with Gasteiger partial charge < -0.3 is 0 Å². The van der Waals surface area contributed by atoms with Crippen LogP contribution in [0.2, 0.25) is 0 Å². The monoisotopic (exact) mass is 362 g/mol. The summed E-state index contributed by atoms with van der Waals surface area (Å²) < 4.78 is 26.9. The fourth-order valence-electron chi connectivity index (χ4n) is 2.48. The molecule has 0 bridgehead atoms. The molecule has 3 aromatic rings. The van der Waals surface area contributed by atoms with Crippen LogP contribution in [0.3, 0.4) is 0 Å². The van der Waals surface area contributed by atoms with Crippen molar-refractivity contribution in [2.45, 2.75) is 32.6 Å². The van der Waals surface area contributed by atoms with E-state index in [0.717, 1.165) is 27.6 Å².